The number of hydrogen-bond acceptors (Lipinski definition) is 7. The summed E-state index contributed by atoms with van der Waals surface area (Å²) in [6, 6.07) is 6.65. The van der Waals surface area contributed by atoms with Crippen molar-refractivity contribution in [3.8, 4) is 0 Å². The Balaban J connectivity index is 0.00000156. The maximum Gasteiger partial charge on any atom is 0.268 e. The number of nitrogens with one attached hydrogen (secondary N) is 2. The number of anilines is 3. The van der Waals surface area contributed by atoms with E-state index in [1.807, 2.05) is 32.2 Å². The van der Waals surface area contributed by atoms with E-state index in [9.17, 15) is 4.79 Å². The third-order valence-corrected chi connectivity index (χ3v) is 7.75. The number of piperidine rings is 1. The number of pyridine rings is 1. The molecule has 2 aliphatic rings. The second-order valence-electron chi connectivity index (χ2n) is 10.1. The highest BCUT2D eigenvalue weighted by atomic mass is 16.2. The molecule has 0 aromatic carbocycles. The van der Waals surface area contributed by atoms with Crippen molar-refractivity contribution in [1.29, 1.82) is 0 Å². The van der Waals surface area contributed by atoms with Crippen LogP contribution in [-0.4, -0.2) is 70.1 Å². The fourth-order valence-electron chi connectivity index (χ4n) is 5.64. The van der Waals surface area contributed by atoms with Crippen molar-refractivity contribution in [2.24, 2.45) is 0 Å². The Kier molecular flexibility index (Phi) is 8.32. The molecule has 3 aromatic rings. The lowest BCUT2D eigenvalue weighted by molar-refractivity contribution is 0.0861. The van der Waals surface area contributed by atoms with Crippen molar-refractivity contribution in [3.63, 3.8) is 0 Å². The maximum atomic E-state index is 12.6. The van der Waals surface area contributed by atoms with Crippen molar-refractivity contribution in [3.05, 3.63) is 36.3 Å². The molecule has 3 aromatic heterocycles. The lowest BCUT2D eigenvalue weighted by Crippen LogP contribution is -2.51. The van der Waals surface area contributed by atoms with Crippen LogP contribution in [0.25, 0.3) is 11.0 Å². The minimum Gasteiger partial charge on any atom is -0.370 e. The van der Waals surface area contributed by atoms with Gasteiger partial charge in [-0.2, -0.15) is 4.98 Å². The van der Waals surface area contributed by atoms with Gasteiger partial charge in [0.15, 0.2) is 0 Å². The van der Waals surface area contributed by atoms with E-state index in [1.165, 1.54) is 0 Å². The summed E-state index contributed by atoms with van der Waals surface area (Å²) in [6.07, 6.45) is 8.96. The molecule has 2 N–H and O–H groups in total. The Morgan fingerprint density at radius 1 is 1.14 bits per heavy atom. The van der Waals surface area contributed by atoms with Crippen LogP contribution in [0.5, 0.6) is 0 Å². The monoisotopic (exact) mass is 506 g/mol. The highest BCUT2D eigenvalue weighted by molar-refractivity contribution is 5.99. The van der Waals surface area contributed by atoms with Crippen LogP contribution >= 0.6 is 0 Å². The van der Waals surface area contributed by atoms with E-state index in [0.717, 1.165) is 61.9 Å². The summed E-state index contributed by atoms with van der Waals surface area (Å²) < 4.78 is 2.14. The number of aromatic nitrogens is 4. The smallest absolute Gasteiger partial charge is 0.268 e. The van der Waals surface area contributed by atoms with Crippen molar-refractivity contribution < 1.29 is 4.79 Å². The number of rotatable bonds is 7. The Bertz CT molecular complexity index is 1200. The second-order valence-corrected chi connectivity index (χ2v) is 10.1. The zero-order valence-electron chi connectivity index (χ0n) is 23.2. The van der Waals surface area contributed by atoms with Crippen LogP contribution in [0.1, 0.15) is 70.3 Å². The van der Waals surface area contributed by atoms with Gasteiger partial charge >= 0.3 is 0 Å². The van der Waals surface area contributed by atoms with Gasteiger partial charge in [-0.15, -0.1) is 0 Å². The second kappa shape index (κ2) is 11.5. The van der Waals surface area contributed by atoms with Crippen molar-refractivity contribution >= 4 is 34.4 Å². The molecule has 2 aliphatic heterocycles. The summed E-state index contributed by atoms with van der Waals surface area (Å²) in [5.74, 6) is 1.14. The minimum atomic E-state index is -0.175. The van der Waals surface area contributed by atoms with Gasteiger partial charge in [-0.3, -0.25) is 4.79 Å². The van der Waals surface area contributed by atoms with Crippen LogP contribution in [0.15, 0.2) is 30.6 Å². The van der Waals surface area contributed by atoms with Gasteiger partial charge in [-0.1, -0.05) is 34.1 Å². The van der Waals surface area contributed by atoms with Crippen molar-refractivity contribution in [2.45, 2.75) is 71.4 Å². The zero-order chi connectivity index (χ0) is 26.6. The highest BCUT2D eigenvalue weighted by Crippen LogP contribution is 2.35. The largest absolute Gasteiger partial charge is 0.370 e. The molecule has 1 saturated heterocycles. The zero-order valence-corrected chi connectivity index (χ0v) is 23.2. The average Bonchev–Trinajstić information content (AvgIpc) is 3.33. The van der Waals surface area contributed by atoms with Crippen molar-refractivity contribution in [2.75, 3.05) is 43.9 Å². The fourth-order valence-corrected chi connectivity index (χ4v) is 5.64. The Hall–Kier alpha value is -3.20. The molecule has 5 heterocycles. The van der Waals surface area contributed by atoms with E-state index < -0.39 is 0 Å². The van der Waals surface area contributed by atoms with Crippen molar-refractivity contribution in [1.82, 2.24) is 29.7 Å². The molecule has 0 aliphatic carbocycles. The van der Waals surface area contributed by atoms with Crippen LogP contribution in [0, 0.1) is 0 Å². The van der Waals surface area contributed by atoms with E-state index in [1.54, 1.807) is 6.20 Å². The molecule has 200 valence electrons. The van der Waals surface area contributed by atoms with Gasteiger partial charge in [0.25, 0.3) is 5.91 Å². The third-order valence-electron chi connectivity index (χ3n) is 7.75. The van der Waals surface area contributed by atoms with Gasteiger partial charge in [-0.25, -0.2) is 9.97 Å². The standard InChI is InChI=1S/C26H36N8O.C2H6/c1-5-11-26(6-2)17-29-24(35)21-14-18-15-28-25(31-23(18)34(21)26)30-22-8-7-20(16-27-22)33-12-9-19(10-13-33)32(3)4;1-2/h7-8,14-16,19H,5-6,9-13,17H2,1-4H3,(H,29,35)(H,27,28,30,31);1-2H3. The lowest BCUT2D eigenvalue weighted by Gasteiger charge is -2.39. The summed E-state index contributed by atoms with van der Waals surface area (Å²) in [7, 11) is 4.32. The average molecular weight is 507 g/mol. The van der Waals surface area contributed by atoms with Gasteiger partial charge in [0, 0.05) is 37.3 Å². The number of carbonyl (C=O) groups is 1. The van der Waals surface area contributed by atoms with E-state index in [0.29, 0.717) is 30.0 Å². The molecule has 9 heteroatoms. The third kappa shape index (κ3) is 5.28. The summed E-state index contributed by atoms with van der Waals surface area (Å²) in [5, 5.41) is 7.22. The Morgan fingerprint density at radius 2 is 1.89 bits per heavy atom. The molecule has 0 radical (unpaired) electrons. The Morgan fingerprint density at radius 3 is 2.51 bits per heavy atom. The normalized spacial score (nSPS) is 19.9. The first-order valence-electron chi connectivity index (χ1n) is 13.8. The number of carbonyl (C=O) groups excluding carboxylic acids is 1. The first-order valence-corrected chi connectivity index (χ1v) is 13.8. The molecule has 0 bridgehead atoms. The molecular weight excluding hydrogens is 464 g/mol. The predicted octanol–water partition coefficient (Wildman–Crippen LogP) is 4.78. The molecule has 0 saturated carbocycles. The van der Waals surface area contributed by atoms with E-state index >= 15 is 0 Å². The molecule has 0 spiro atoms. The SMILES string of the molecule is CC.CCCC1(CC)CNC(=O)c2cc3cnc(Nc4ccc(N5CCC(N(C)C)CC5)cn4)nc3n21. The maximum absolute atomic E-state index is 12.6. The van der Waals surface area contributed by atoms with Gasteiger partial charge < -0.3 is 25.0 Å². The molecule has 37 heavy (non-hydrogen) atoms. The number of nitrogens with zero attached hydrogens (tertiary/aromatic N) is 6. The molecule has 1 fully saturated rings. The van der Waals surface area contributed by atoms with E-state index in [-0.39, 0.29) is 11.4 Å². The quantitative estimate of drug-likeness (QED) is 0.477. The summed E-state index contributed by atoms with van der Waals surface area (Å²) in [6.45, 7) is 11.1. The number of fused-ring (bicyclic) bond motifs is 3. The lowest BCUT2D eigenvalue weighted by atomic mass is 9.88. The van der Waals surface area contributed by atoms with Gasteiger partial charge in [0.2, 0.25) is 5.95 Å². The molecule has 1 atom stereocenters. The fraction of sp³-hybridized carbons (Fsp3) is 0.571. The van der Waals surface area contributed by atoms with Crippen LogP contribution in [0.4, 0.5) is 17.5 Å². The molecule has 1 unspecified atom stereocenters. The van der Waals surface area contributed by atoms with Crippen LogP contribution in [0.2, 0.25) is 0 Å². The summed E-state index contributed by atoms with van der Waals surface area (Å²) >= 11 is 0. The summed E-state index contributed by atoms with van der Waals surface area (Å²) in [5.41, 5.74) is 2.42. The molecule has 1 amide bonds. The van der Waals surface area contributed by atoms with Crippen LogP contribution in [0.3, 0.4) is 0 Å². The highest BCUT2D eigenvalue weighted by Gasteiger charge is 2.39. The van der Waals surface area contributed by atoms with Gasteiger partial charge in [0.1, 0.15) is 17.2 Å². The topological polar surface area (TPSA) is 91.2 Å². The molecule has 9 nitrogen and oxygen atoms in total. The summed E-state index contributed by atoms with van der Waals surface area (Å²) in [4.78, 5) is 31.3. The predicted molar refractivity (Wildman–Crippen MR) is 151 cm³/mol. The first kappa shape index (κ1) is 26.9. The number of amides is 1. The van der Waals surface area contributed by atoms with E-state index in [4.69, 9.17) is 4.98 Å². The minimum absolute atomic E-state index is 0.0513. The van der Waals surface area contributed by atoms with Crippen LogP contribution in [-0.2, 0) is 5.54 Å². The number of hydrogen-bond donors (Lipinski definition) is 2. The van der Waals surface area contributed by atoms with Gasteiger partial charge in [0.05, 0.1) is 17.4 Å². The van der Waals surface area contributed by atoms with E-state index in [2.05, 4.69) is 69.0 Å². The van der Waals surface area contributed by atoms with Gasteiger partial charge in [-0.05, 0) is 58.0 Å². The first-order chi connectivity index (χ1) is 17.9. The van der Waals surface area contributed by atoms with Crippen LogP contribution < -0.4 is 15.5 Å². The molecule has 5 rings (SSSR count). The Labute approximate surface area is 220 Å². The molecular formula is C28H42N8O.